The Morgan fingerprint density at radius 2 is 1.61 bits per heavy atom. The molecule has 0 atom stereocenters. The van der Waals surface area contributed by atoms with Crippen LogP contribution in [-0.2, 0) is 22.7 Å². The van der Waals surface area contributed by atoms with Gasteiger partial charge in [0.25, 0.3) is 0 Å². The molecule has 5 nitrogen and oxygen atoms in total. The fourth-order valence-electron chi connectivity index (χ4n) is 3.53. The molecule has 0 unspecified atom stereocenters. The molecule has 2 amide bonds. The van der Waals surface area contributed by atoms with E-state index < -0.39 is 0 Å². The molecule has 6 heteroatoms. The van der Waals surface area contributed by atoms with Gasteiger partial charge in [-0.1, -0.05) is 61.2 Å². The second-order valence-electron chi connectivity index (χ2n) is 8.07. The Hall–Kier alpha value is -2.08. The zero-order valence-electron chi connectivity index (χ0n) is 19.1. The van der Waals surface area contributed by atoms with Gasteiger partial charge in [0.15, 0.2) is 0 Å². The van der Waals surface area contributed by atoms with Gasteiger partial charge in [0.2, 0.25) is 11.8 Å². The number of hydrogen-bond donors (Lipinski definition) is 0. The highest BCUT2D eigenvalue weighted by Gasteiger charge is 2.20. The molecule has 1 aromatic heterocycles. The number of rotatable bonds is 13. The molecule has 1 heterocycles. The topological polar surface area (TPSA) is 45.6 Å². The molecule has 0 bridgehead atoms. The number of carbonyl (C=O) groups excluding carboxylic acids is 2. The van der Waals surface area contributed by atoms with Crippen molar-refractivity contribution in [2.24, 2.45) is 0 Å². The van der Waals surface area contributed by atoms with E-state index in [1.54, 1.807) is 11.8 Å². The average Bonchev–Trinajstić information content (AvgIpc) is 3.18. The molecule has 0 aliphatic carbocycles. The van der Waals surface area contributed by atoms with Gasteiger partial charge >= 0.3 is 0 Å². The highest BCUT2D eigenvalue weighted by atomic mass is 79.9. The first-order valence-electron chi connectivity index (χ1n) is 11.4. The van der Waals surface area contributed by atoms with E-state index in [1.807, 2.05) is 23.1 Å². The molecule has 2 aromatic rings. The van der Waals surface area contributed by atoms with Crippen molar-refractivity contribution in [2.45, 2.75) is 66.0 Å². The van der Waals surface area contributed by atoms with Crippen molar-refractivity contribution in [3.63, 3.8) is 0 Å². The maximum atomic E-state index is 13.1. The third-order valence-electron chi connectivity index (χ3n) is 5.48. The van der Waals surface area contributed by atoms with Crippen LogP contribution in [0.25, 0.3) is 0 Å². The minimum atomic E-state index is -0.0292. The van der Waals surface area contributed by atoms with E-state index in [9.17, 15) is 9.59 Å². The molecule has 0 saturated heterocycles. The summed E-state index contributed by atoms with van der Waals surface area (Å²) in [4.78, 5) is 28.8. The van der Waals surface area contributed by atoms with E-state index in [-0.39, 0.29) is 18.4 Å². The Labute approximate surface area is 195 Å². The Bertz CT molecular complexity index is 816. The van der Waals surface area contributed by atoms with Crippen molar-refractivity contribution in [1.82, 2.24) is 14.4 Å². The molecule has 0 fully saturated rings. The maximum absolute atomic E-state index is 13.1. The fraction of sp³-hybridized carbons (Fsp3) is 0.520. The van der Waals surface area contributed by atoms with E-state index in [0.29, 0.717) is 19.6 Å². The van der Waals surface area contributed by atoms with Crippen LogP contribution in [0, 0.1) is 0 Å². The van der Waals surface area contributed by atoms with Crippen LogP contribution in [0.15, 0.2) is 47.1 Å². The number of aromatic nitrogens is 1. The summed E-state index contributed by atoms with van der Waals surface area (Å²) in [6.07, 6.45) is 7.14. The monoisotopic (exact) mass is 489 g/mol. The van der Waals surface area contributed by atoms with Gasteiger partial charge < -0.3 is 14.4 Å². The predicted octanol–water partition coefficient (Wildman–Crippen LogP) is 5.47. The number of nitrogens with zero attached hydrogens (tertiary/aromatic N) is 3. The average molecular weight is 490 g/mol. The Morgan fingerprint density at radius 1 is 0.935 bits per heavy atom. The lowest BCUT2D eigenvalue weighted by atomic mass is 10.2. The number of hydrogen-bond acceptors (Lipinski definition) is 2. The van der Waals surface area contributed by atoms with Gasteiger partial charge in [0, 0.05) is 42.9 Å². The second-order valence-corrected chi connectivity index (χ2v) is 8.99. The minimum Gasteiger partial charge on any atom is -0.345 e. The van der Waals surface area contributed by atoms with E-state index in [1.165, 1.54) is 5.56 Å². The quantitative estimate of drug-likeness (QED) is 0.350. The van der Waals surface area contributed by atoms with Crippen molar-refractivity contribution >= 4 is 27.7 Å². The molecule has 170 valence electrons. The van der Waals surface area contributed by atoms with Crippen LogP contribution < -0.4 is 0 Å². The highest BCUT2D eigenvalue weighted by Crippen LogP contribution is 2.15. The largest absolute Gasteiger partial charge is 0.345 e. The van der Waals surface area contributed by atoms with Crippen molar-refractivity contribution in [3.05, 3.63) is 58.3 Å². The number of halogens is 1. The van der Waals surface area contributed by atoms with Crippen molar-refractivity contribution in [3.8, 4) is 0 Å². The standard InChI is InChI=1S/C25H36BrN3O2/c1-4-6-8-16-27(21(3)30)20-25(31)29(15-7-5-2)19-24-10-9-17-28(24)18-22-11-13-23(26)14-12-22/h9-14,17H,4-8,15-16,18-20H2,1-3H3. The summed E-state index contributed by atoms with van der Waals surface area (Å²) in [7, 11) is 0. The van der Waals surface area contributed by atoms with Gasteiger partial charge in [0.1, 0.15) is 0 Å². The molecule has 0 spiro atoms. The molecular formula is C25H36BrN3O2. The van der Waals surface area contributed by atoms with E-state index in [2.05, 4.69) is 58.7 Å². The first kappa shape index (κ1) is 25.2. The third kappa shape index (κ3) is 8.52. The van der Waals surface area contributed by atoms with Crippen LogP contribution in [0.3, 0.4) is 0 Å². The third-order valence-corrected chi connectivity index (χ3v) is 6.01. The Morgan fingerprint density at radius 3 is 2.26 bits per heavy atom. The number of carbonyl (C=O) groups is 2. The second kappa shape index (κ2) is 13.4. The van der Waals surface area contributed by atoms with Crippen LogP contribution in [0.2, 0.25) is 0 Å². The first-order valence-corrected chi connectivity index (χ1v) is 12.2. The van der Waals surface area contributed by atoms with Crippen molar-refractivity contribution in [1.29, 1.82) is 0 Å². The molecular weight excluding hydrogens is 454 g/mol. The molecule has 2 rings (SSSR count). The zero-order valence-corrected chi connectivity index (χ0v) is 20.7. The zero-order chi connectivity index (χ0) is 22.6. The van der Waals surface area contributed by atoms with Crippen LogP contribution in [0.1, 0.15) is 64.1 Å². The number of unbranched alkanes of at least 4 members (excludes halogenated alkanes) is 3. The van der Waals surface area contributed by atoms with E-state index in [0.717, 1.165) is 48.8 Å². The van der Waals surface area contributed by atoms with Crippen LogP contribution in [0.5, 0.6) is 0 Å². The van der Waals surface area contributed by atoms with Gasteiger partial charge in [-0.15, -0.1) is 0 Å². The molecule has 1 aromatic carbocycles. The maximum Gasteiger partial charge on any atom is 0.242 e. The number of benzene rings is 1. The summed E-state index contributed by atoms with van der Waals surface area (Å²) in [6, 6.07) is 12.4. The normalized spacial score (nSPS) is 10.8. The SMILES string of the molecule is CCCCCN(CC(=O)N(CCCC)Cc1cccn1Cc1ccc(Br)cc1)C(C)=O. The molecule has 0 radical (unpaired) electrons. The molecule has 0 saturated carbocycles. The first-order chi connectivity index (χ1) is 14.9. The molecule has 0 aliphatic heterocycles. The van der Waals surface area contributed by atoms with Crippen molar-refractivity contribution in [2.75, 3.05) is 19.6 Å². The smallest absolute Gasteiger partial charge is 0.242 e. The van der Waals surface area contributed by atoms with Gasteiger partial charge in [-0.2, -0.15) is 0 Å². The summed E-state index contributed by atoms with van der Waals surface area (Å²) in [5.74, 6) is -0.00458. The summed E-state index contributed by atoms with van der Waals surface area (Å²) < 4.78 is 3.26. The molecule has 0 aliphatic rings. The van der Waals surface area contributed by atoms with Gasteiger partial charge in [-0.05, 0) is 42.7 Å². The lowest BCUT2D eigenvalue weighted by Gasteiger charge is -2.27. The summed E-state index contributed by atoms with van der Waals surface area (Å²) >= 11 is 3.48. The predicted molar refractivity (Wildman–Crippen MR) is 130 cm³/mol. The molecule has 31 heavy (non-hydrogen) atoms. The highest BCUT2D eigenvalue weighted by molar-refractivity contribution is 9.10. The van der Waals surface area contributed by atoms with Crippen LogP contribution in [0.4, 0.5) is 0 Å². The molecule has 0 N–H and O–H groups in total. The summed E-state index contributed by atoms with van der Waals surface area (Å²) in [6.45, 7) is 8.67. The van der Waals surface area contributed by atoms with E-state index >= 15 is 0 Å². The summed E-state index contributed by atoms with van der Waals surface area (Å²) in [5.41, 5.74) is 2.32. The van der Waals surface area contributed by atoms with E-state index in [4.69, 9.17) is 0 Å². The van der Waals surface area contributed by atoms with Crippen LogP contribution >= 0.6 is 15.9 Å². The van der Waals surface area contributed by atoms with Crippen LogP contribution in [-0.4, -0.2) is 45.8 Å². The fourth-order valence-corrected chi connectivity index (χ4v) is 3.80. The van der Waals surface area contributed by atoms with Crippen molar-refractivity contribution < 1.29 is 9.59 Å². The van der Waals surface area contributed by atoms with Gasteiger partial charge in [0.05, 0.1) is 13.1 Å². The Balaban J connectivity index is 2.08. The minimum absolute atomic E-state index is 0.0246. The summed E-state index contributed by atoms with van der Waals surface area (Å²) in [5, 5.41) is 0. The lowest BCUT2D eigenvalue weighted by molar-refractivity contribution is -0.140. The lowest BCUT2D eigenvalue weighted by Crippen LogP contribution is -2.43. The number of amides is 2. The Kier molecular flexibility index (Phi) is 10.9. The van der Waals surface area contributed by atoms with Gasteiger partial charge in [-0.25, -0.2) is 0 Å². The van der Waals surface area contributed by atoms with Gasteiger partial charge in [-0.3, -0.25) is 9.59 Å².